The molecule has 0 aliphatic rings. The Balaban J connectivity index is 2.04. The van der Waals surface area contributed by atoms with Gasteiger partial charge in [0.2, 0.25) is 0 Å². The molecule has 2 unspecified atom stereocenters. The third-order valence-corrected chi connectivity index (χ3v) is 3.44. The molecular weight excluding hydrogens is 224 g/mol. The first-order chi connectivity index (χ1) is 8.70. The van der Waals surface area contributed by atoms with Crippen LogP contribution in [0.3, 0.4) is 0 Å². The van der Waals surface area contributed by atoms with Gasteiger partial charge in [-0.1, -0.05) is 19.1 Å². The van der Waals surface area contributed by atoms with Crippen LogP contribution in [0, 0.1) is 5.92 Å². The van der Waals surface area contributed by atoms with E-state index in [9.17, 15) is 0 Å². The quantitative estimate of drug-likeness (QED) is 0.848. The number of aliphatic hydroxyl groups is 1. The minimum absolute atomic E-state index is 0.218. The van der Waals surface area contributed by atoms with Crippen LogP contribution in [-0.4, -0.2) is 22.7 Å². The second kappa shape index (κ2) is 5.94. The number of benzene rings is 1. The first-order valence-corrected chi connectivity index (χ1v) is 6.38. The zero-order chi connectivity index (χ0) is 13.0. The SMILES string of the molecule is CC(CO)C(C)NCc1ccc2ncccc2c1. The van der Waals surface area contributed by atoms with Crippen LogP contribution in [0.15, 0.2) is 36.5 Å². The maximum atomic E-state index is 9.10. The molecule has 1 aromatic heterocycles. The highest BCUT2D eigenvalue weighted by molar-refractivity contribution is 5.78. The Labute approximate surface area is 108 Å². The van der Waals surface area contributed by atoms with Gasteiger partial charge in [-0.3, -0.25) is 4.98 Å². The van der Waals surface area contributed by atoms with Crippen LogP contribution in [0.5, 0.6) is 0 Å². The molecule has 2 N–H and O–H groups in total. The van der Waals surface area contributed by atoms with Gasteiger partial charge in [0, 0.05) is 30.8 Å². The molecule has 1 heterocycles. The molecule has 3 nitrogen and oxygen atoms in total. The maximum absolute atomic E-state index is 9.10. The van der Waals surface area contributed by atoms with E-state index < -0.39 is 0 Å². The monoisotopic (exact) mass is 244 g/mol. The van der Waals surface area contributed by atoms with Gasteiger partial charge in [0.25, 0.3) is 0 Å². The summed E-state index contributed by atoms with van der Waals surface area (Å²) in [4.78, 5) is 4.31. The van der Waals surface area contributed by atoms with Gasteiger partial charge in [-0.25, -0.2) is 0 Å². The van der Waals surface area contributed by atoms with Crippen LogP contribution >= 0.6 is 0 Å². The lowest BCUT2D eigenvalue weighted by Gasteiger charge is -2.19. The highest BCUT2D eigenvalue weighted by atomic mass is 16.3. The molecule has 2 rings (SSSR count). The van der Waals surface area contributed by atoms with E-state index in [1.165, 1.54) is 10.9 Å². The van der Waals surface area contributed by atoms with E-state index in [-0.39, 0.29) is 12.5 Å². The van der Waals surface area contributed by atoms with E-state index in [2.05, 4.69) is 35.4 Å². The number of aromatic nitrogens is 1. The highest BCUT2D eigenvalue weighted by Crippen LogP contribution is 2.13. The number of nitrogens with one attached hydrogen (secondary N) is 1. The van der Waals surface area contributed by atoms with Crippen molar-refractivity contribution < 1.29 is 5.11 Å². The molecule has 0 fully saturated rings. The summed E-state index contributed by atoms with van der Waals surface area (Å²) in [6.45, 7) is 5.18. The summed E-state index contributed by atoms with van der Waals surface area (Å²) in [5.74, 6) is 0.270. The van der Waals surface area contributed by atoms with Gasteiger partial charge in [-0.2, -0.15) is 0 Å². The van der Waals surface area contributed by atoms with E-state index in [1.54, 1.807) is 0 Å². The van der Waals surface area contributed by atoms with Crippen molar-refractivity contribution in [1.82, 2.24) is 10.3 Å². The average Bonchev–Trinajstić information content (AvgIpc) is 2.43. The third kappa shape index (κ3) is 3.06. The fourth-order valence-corrected chi connectivity index (χ4v) is 1.87. The molecular formula is C15H20N2O. The van der Waals surface area contributed by atoms with E-state index in [1.807, 2.05) is 25.3 Å². The molecule has 0 aliphatic carbocycles. The Morgan fingerprint density at radius 1 is 1.28 bits per heavy atom. The summed E-state index contributed by atoms with van der Waals surface area (Å²) >= 11 is 0. The molecule has 0 saturated carbocycles. The number of pyridine rings is 1. The number of hydrogen-bond acceptors (Lipinski definition) is 3. The van der Waals surface area contributed by atoms with Gasteiger partial charge >= 0.3 is 0 Å². The Kier molecular flexibility index (Phi) is 4.28. The number of aliphatic hydroxyl groups excluding tert-OH is 1. The van der Waals surface area contributed by atoms with E-state index in [0.29, 0.717) is 6.04 Å². The van der Waals surface area contributed by atoms with Crippen molar-refractivity contribution in [3.63, 3.8) is 0 Å². The number of rotatable bonds is 5. The maximum Gasteiger partial charge on any atom is 0.0702 e. The normalized spacial score (nSPS) is 14.6. The van der Waals surface area contributed by atoms with Gasteiger partial charge in [0.15, 0.2) is 0 Å². The second-order valence-corrected chi connectivity index (χ2v) is 4.86. The highest BCUT2D eigenvalue weighted by Gasteiger charge is 2.09. The number of hydrogen-bond donors (Lipinski definition) is 2. The Bertz CT molecular complexity index is 513. The van der Waals surface area contributed by atoms with Crippen molar-refractivity contribution in [3.8, 4) is 0 Å². The molecule has 1 aromatic carbocycles. The lowest BCUT2D eigenvalue weighted by Crippen LogP contribution is -2.33. The third-order valence-electron chi connectivity index (χ3n) is 3.44. The summed E-state index contributed by atoms with van der Waals surface area (Å²) in [6, 6.07) is 10.6. The molecule has 2 aromatic rings. The van der Waals surface area contributed by atoms with Crippen LogP contribution in [0.4, 0.5) is 0 Å². The van der Waals surface area contributed by atoms with E-state index in [0.717, 1.165) is 12.1 Å². The molecule has 0 aliphatic heterocycles. The smallest absolute Gasteiger partial charge is 0.0702 e. The van der Waals surface area contributed by atoms with Crippen molar-refractivity contribution in [3.05, 3.63) is 42.1 Å². The summed E-state index contributed by atoms with van der Waals surface area (Å²) in [5, 5.41) is 13.7. The minimum Gasteiger partial charge on any atom is -0.396 e. The molecule has 18 heavy (non-hydrogen) atoms. The van der Waals surface area contributed by atoms with Crippen molar-refractivity contribution in [2.75, 3.05) is 6.61 Å². The van der Waals surface area contributed by atoms with Crippen molar-refractivity contribution >= 4 is 10.9 Å². The van der Waals surface area contributed by atoms with Crippen LogP contribution < -0.4 is 5.32 Å². The summed E-state index contributed by atoms with van der Waals surface area (Å²) in [7, 11) is 0. The molecule has 3 heteroatoms. The zero-order valence-electron chi connectivity index (χ0n) is 10.9. The summed E-state index contributed by atoms with van der Waals surface area (Å²) < 4.78 is 0. The predicted octanol–water partition coefficient (Wildman–Crippen LogP) is 2.34. The fraction of sp³-hybridized carbons (Fsp3) is 0.400. The lowest BCUT2D eigenvalue weighted by atomic mass is 10.0. The molecule has 0 radical (unpaired) electrons. The number of fused-ring (bicyclic) bond motifs is 1. The fourth-order valence-electron chi connectivity index (χ4n) is 1.87. The zero-order valence-corrected chi connectivity index (χ0v) is 10.9. The van der Waals surface area contributed by atoms with Crippen LogP contribution in [0.1, 0.15) is 19.4 Å². The van der Waals surface area contributed by atoms with Crippen LogP contribution in [0.25, 0.3) is 10.9 Å². The molecule has 96 valence electrons. The van der Waals surface area contributed by atoms with Crippen molar-refractivity contribution in [1.29, 1.82) is 0 Å². The molecule has 0 bridgehead atoms. The Hall–Kier alpha value is -1.45. The molecule has 2 atom stereocenters. The first-order valence-electron chi connectivity index (χ1n) is 6.38. The molecule has 0 amide bonds. The number of nitrogens with zero attached hydrogens (tertiary/aromatic N) is 1. The van der Waals surface area contributed by atoms with Gasteiger partial charge in [-0.05, 0) is 36.6 Å². The van der Waals surface area contributed by atoms with Gasteiger partial charge in [0.1, 0.15) is 0 Å². The van der Waals surface area contributed by atoms with Crippen molar-refractivity contribution in [2.24, 2.45) is 5.92 Å². The van der Waals surface area contributed by atoms with Gasteiger partial charge in [0.05, 0.1) is 5.52 Å². The van der Waals surface area contributed by atoms with Gasteiger partial charge < -0.3 is 10.4 Å². The van der Waals surface area contributed by atoms with Crippen LogP contribution in [-0.2, 0) is 6.54 Å². The Morgan fingerprint density at radius 3 is 2.89 bits per heavy atom. The minimum atomic E-state index is 0.218. The first kappa shape index (κ1) is 13.0. The van der Waals surface area contributed by atoms with Crippen LogP contribution in [0.2, 0.25) is 0 Å². The van der Waals surface area contributed by atoms with Crippen molar-refractivity contribution in [2.45, 2.75) is 26.4 Å². The second-order valence-electron chi connectivity index (χ2n) is 4.86. The topological polar surface area (TPSA) is 45.1 Å². The predicted molar refractivity (Wildman–Crippen MR) is 74.3 cm³/mol. The Morgan fingerprint density at radius 2 is 2.11 bits per heavy atom. The summed E-state index contributed by atoms with van der Waals surface area (Å²) in [6.07, 6.45) is 1.81. The largest absolute Gasteiger partial charge is 0.396 e. The lowest BCUT2D eigenvalue weighted by molar-refractivity contribution is 0.207. The van der Waals surface area contributed by atoms with Gasteiger partial charge in [-0.15, -0.1) is 0 Å². The summed E-state index contributed by atoms with van der Waals surface area (Å²) in [5.41, 5.74) is 2.27. The molecule has 0 spiro atoms. The van der Waals surface area contributed by atoms with E-state index >= 15 is 0 Å². The van der Waals surface area contributed by atoms with E-state index in [4.69, 9.17) is 5.11 Å². The molecule has 0 saturated heterocycles. The average molecular weight is 244 g/mol. The standard InChI is InChI=1S/C15H20N2O/c1-11(10-18)12(2)17-9-13-5-6-15-14(8-13)4-3-7-16-15/h3-8,11-12,17-18H,9-10H2,1-2H3.